The Kier molecular flexibility index (Phi) is 10.4. The van der Waals surface area contributed by atoms with Crippen molar-refractivity contribution in [3.05, 3.63) is 60.2 Å². The topological polar surface area (TPSA) is 122 Å². The van der Waals surface area contributed by atoms with E-state index in [1.54, 1.807) is 14.2 Å². The zero-order chi connectivity index (χ0) is 31.9. The van der Waals surface area contributed by atoms with Crippen molar-refractivity contribution in [2.45, 2.75) is 83.3 Å². The Morgan fingerprint density at radius 3 is 2.47 bits per heavy atom. The molecule has 2 amide bonds. The first-order valence-electron chi connectivity index (χ1n) is 16.1. The lowest BCUT2D eigenvalue weighted by atomic mass is 9.79. The molecule has 5 rings (SSSR count). The number of hydrogen-bond acceptors (Lipinski definition) is 7. The Hall–Kier alpha value is -4.39. The van der Waals surface area contributed by atoms with Crippen LogP contribution in [-0.4, -0.2) is 53.6 Å². The molecule has 0 spiro atoms. The number of rotatable bonds is 9. The predicted molar refractivity (Wildman–Crippen MR) is 172 cm³/mol. The van der Waals surface area contributed by atoms with Gasteiger partial charge in [0.15, 0.2) is 11.4 Å². The number of nitrogens with one attached hydrogen (secondary N) is 1. The smallest absolute Gasteiger partial charge is 0.407 e. The number of carbonyl (C=O) groups is 2. The largest absolute Gasteiger partial charge is 0.494 e. The maximum absolute atomic E-state index is 14.3. The second-order valence-corrected chi connectivity index (χ2v) is 12.5. The zero-order valence-electron chi connectivity index (χ0n) is 26.7. The van der Waals surface area contributed by atoms with E-state index in [1.165, 1.54) is 0 Å². The molecule has 2 saturated carbocycles. The monoisotopic (exact) mass is 612 g/mol. The molecule has 2 fully saturated rings. The molecule has 0 bridgehead atoms. The van der Waals surface area contributed by atoms with Gasteiger partial charge in [0.2, 0.25) is 5.91 Å². The number of carbonyl (C=O) groups excluding carboxylic acids is 2. The van der Waals surface area contributed by atoms with Crippen LogP contribution in [0.1, 0.15) is 88.6 Å². The third-order valence-electron chi connectivity index (χ3n) is 9.30. The lowest BCUT2D eigenvalue weighted by Gasteiger charge is -2.36. The molecule has 10 nitrogen and oxygen atoms in total. The van der Waals surface area contributed by atoms with Gasteiger partial charge in [0, 0.05) is 54.6 Å². The second kappa shape index (κ2) is 14.6. The molecule has 0 saturated heterocycles. The third kappa shape index (κ3) is 7.64. The normalized spacial score (nSPS) is 21.5. The number of nitrogens with zero attached hydrogens (tertiary/aromatic N) is 5. The van der Waals surface area contributed by atoms with Crippen LogP contribution in [-0.2, 0) is 9.53 Å². The molecule has 0 aliphatic heterocycles. The molecule has 2 aromatic heterocycles. The summed E-state index contributed by atoms with van der Waals surface area (Å²) >= 11 is 0. The number of alkyl carbamates (subject to hydrolysis) is 1. The molecular formula is C35H44N6O4. The Bertz CT molecular complexity index is 1510. The van der Waals surface area contributed by atoms with Crippen LogP contribution in [0.2, 0.25) is 0 Å². The maximum Gasteiger partial charge on any atom is 0.407 e. The van der Waals surface area contributed by atoms with Crippen LogP contribution < -0.4 is 15.0 Å². The van der Waals surface area contributed by atoms with Gasteiger partial charge in [0.25, 0.3) is 0 Å². The average Bonchev–Trinajstić information content (AvgIpc) is 3.58. The minimum Gasteiger partial charge on any atom is -0.494 e. The summed E-state index contributed by atoms with van der Waals surface area (Å²) in [5, 5.41) is 16.5. The van der Waals surface area contributed by atoms with Crippen molar-refractivity contribution >= 4 is 17.7 Å². The lowest BCUT2D eigenvalue weighted by Crippen LogP contribution is -2.42. The number of nitriles is 1. The molecule has 238 valence electrons. The van der Waals surface area contributed by atoms with E-state index in [9.17, 15) is 14.9 Å². The number of hydrogen-bond donors (Lipinski definition) is 1. The molecule has 1 N–H and O–H groups in total. The van der Waals surface area contributed by atoms with Crippen LogP contribution in [0.4, 0.5) is 10.5 Å². The summed E-state index contributed by atoms with van der Waals surface area (Å²) in [6.07, 6.45) is 9.92. The van der Waals surface area contributed by atoms with E-state index >= 15 is 0 Å². The van der Waals surface area contributed by atoms with Crippen molar-refractivity contribution < 1.29 is 19.1 Å². The SMILES string of the molecule is CNC(=O)OC1CCC(C(=O)N(CC2CCC(c3ccc(OC)c(C#N)n3)CC2)c2cccc(-c3cnn(C(C)C)c3)c2)CC1. The highest BCUT2D eigenvalue weighted by Gasteiger charge is 2.34. The van der Waals surface area contributed by atoms with Gasteiger partial charge in [-0.3, -0.25) is 9.48 Å². The van der Waals surface area contributed by atoms with E-state index in [0.29, 0.717) is 49.6 Å². The number of benzene rings is 1. The molecule has 0 unspecified atom stereocenters. The van der Waals surface area contributed by atoms with Crippen LogP contribution in [0.15, 0.2) is 48.8 Å². The second-order valence-electron chi connectivity index (χ2n) is 12.5. The molecule has 0 radical (unpaired) electrons. The first-order valence-corrected chi connectivity index (χ1v) is 16.1. The fourth-order valence-corrected chi connectivity index (χ4v) is 6.64. The van der Waals surface area contributed by atoms with Crippen LogP contribution >= 0.6 is 0 Å². The molecule has 2 aliphatic rings. The number of ether oxygens (including phenoxy) is 2. The van der Waals surface area contributed by atoms with Crippen LogP contribution in [0.5, 0.6) is 5.75 Å². The average molecular weight is 613 g/mol. The molecular weight excluding hydrogens is 568 g/mol. The molecule has 0 atom stereocenters. The van der Waals surface area contributed by atoms with Gasteiger partial charge >= 0.3 is 6.09 Å². The van der Waals surface area contributed by atoms with E-state index < -0.39 is 6.09 Å². The lowest BCUT2D eigenvalue weighted by molar-refractivity contribution is -0.124. The van der Waals surface area contributed by atoms with Crippen molar-refractivity contribution in [2.75, 3.05) is 25.6 Å². The van der Waals surface area contributed by atoms with Crippen molar-refractivity contribution in [2.24, 2.45) is 11.8 Å². The fraction of sp³-hybridized carbons (Fsp3) is 0.514. The van der Waals surface area contributed by atoms with Gasteiger partial charge in [0.05, 0.1) is 13.3 Å². The molecule has 2 heterocycles. The highest BCUT2D eigenvalue weighted by atomic mass is 16.6. The fourth-order valence-electron chi connectivity index (χ4n) is 6.64. The maximum atomic E-state index is 14.3. The quantitative estimate of drug-likeness (QED) is 0.288. The summed E-state index contributed by atoms with van der Waals surface area (Å²) in [7, 11) is 3.11. The standard InChI is InChI=1S/C35H44N6O4/c1-23(2)41-22-28(20-38-41)27-6-5-7-29(18-27)40(34(42)26-12-14-30(15-13-26)45-35(43)37-3)21-24-8-10-25(11-9-24)31-16-17-33(44-4)32(19-36)39-31/h5-7,16-18,20,22-26,30H,8-15,21H2,1-4H3,(H,37,43). The van der Waals surface area contributed by atoms with E-state index in [0.717, 1.165) is 48.2 Å². The van der Waals surface area contributed by atoms with Crippen molar-refractivity contribution in [3.8, 4) is 22.9 Å². The molecule has 2 aliphatic carbocycles. The van der Waals surface area contributed by atoms with E-state index in [-0.39, 0.29) is 29.9 Å². The zero-order valence-corrected chi connectivity index (χ0v) is 26.7. The van der Waals surface area contributed by atoms with Crippen molar-refractivity contribution in [1.29, 1.82) is 5.26 Å². The van der Waals surface area contributed by atoms with E-state index in [4.69, 9.17) is 9.47 Å². The summed E-state index contributed by atoms with van der Waals surface area (Å²) in [6.45, 7) is 4.85. The van der Waals surface area contributed by atoms with Gasteiger partial charge < -0.3 is 19.7 Å². The summed E-state index contributed by atoms with van der Waals surface area (Å²) in [4.78, 5) is 32.6. The summed E-state index contributed by atoms with van der Waals surface area (Å²) < 4.78 is 12.7. The van der Waals surface area contributed by atoms with E-state index in [2.05, 4.69) is 53.6 Å². The molecule has 10 heteroatoms. The van der Waals surface area contributed by atoms with Gasteiger partial charge in [-0.15, -0.1) is 0 Å². The van der Waals surface area contributed by atoms with Gasteiger partial charge in [-0.1, -0.05) is 12.1 Å². The van der Waals surface area contributed by atoms with Gasteiger partial charge in [-0.25, -0.2) is 9.78 Å². The molecule has 1 aromatic carbocycles. The summed E-state index contributed by atoms with van der Waals surface area (Å²) in [6, 6.07) is 14.4. The van der Waals surface area contributed by atoms with Crippen LogP contribution in [0.25, 0.3) is 11.1 Å². The molecule has 45 heavy (non-hydrogen) atoms. The van der Waals surface area contributed by atoms with E-state index in [1.807, 2.05) is 40.0 Å². The van der Waals surface area contributed by atoms with Crippen molar-refractivity contribution in [1.82, 2.24) is 20.1 Å². The first kappa shape index (κ1) is 32.0. The van der Waals surface area contributed by atoms with Gasteiger partial charge in [0.1, 0.15) is 12.2 Å². The molecule has 3 aromatic rings. The number of aromatic nitrogens is 3. The Labute approximate surface area is 265 Å². The number of amides is 2. The summed E-state index contributed by atoms with van der Waals surface area (Å²) in [5.41, 5.74) is 4.21. The van der Waals surface area contributed by atoms with Crippen LogP contribution in [0.3, 0.4) is 0 Å². The van der Waals surface area contributed by atoms with Crippen molar-refractivity contribution in [3.63, 3.8) is 0 Å². The van der Waals surface area contributed by atoms with Gasteiger partial charge in [-0.2, -0.15) is 10.4 Å². The highest BCUT2D eigenvalue weighted by Crippen LogP contribution is 2.38. The Morgan fingerprint density at radius 1 is 1.07 bits per heavy atom. The number of anilines is 1. The van der Waals surface area contributed by atoms with Crippen LogP contribution in [0, 0.1) is 23.2 Å². The number of pyridine rings is 1. The minimum absolute atomic E-state index is 0.119. The predicted octanol–water partition coefficient (Wildman–Crippen LogP) is 6.63. The Morgan fingerprint density at radius 2 is 1.82 bits per heavy atom. The highest BCUT2D eigenvalue weighted by molar-refractivity contribution is 5.95. The first-order chi connectivity index (χ1) is 21.8. The Balaban J connectivity index is 1.32. The minimum atomic E-state index is -0.423. The number of methoxy groups -OCH3 is 1. The van der Waals surface area contributed by atoms with Gasteiger partial charge in [-0.05, 0) is 101 Å². The third-order valence-corrected chi connectivity index (χ3v) is 9.30. The summed E-state index contributed by atoms with van der Waals surface area (Å²) in [5.74, 6) is 1.14.